The quantitative estimate of drug-likeness (QED) is 0.695. The Morgan fingerprint density at radius 2 is 1.72 bits per heavy atom. The zero-order valence-electron chi connectivity index (χ0n) is 17.5. The van der Waals surface area contributed by atoms with Gasteiger partial charge in [0.15, 0.2) is 0 Å². The highest BCUT2D eigenvalue weighted by atomic mass is 32.2. The van der Waals surface area contributed by atoms with E-state index in [0.717, 1.165) is 6.07 Å². The third kappa shape index (κ3) is 4.31. The van der Waals surface area contributed by atoms with E-state index in [1.54, 1.807) is 23.2 Å². The number of carbonyl (C=O) groups excluding carboxylic acids is 1. The van der Waals surface area contributed by atoms with E-state index in [9.17, 15) is 22.9 Å². The lowest BCUT2D eigenvalue weighted by Gasteiger charge is -2.38. The summed E-state index contributed by atoms with van der Waals surface area (Å²) in [5.41, 5.74) is 0.510. The minimum atomic E-state index is -3.92. The largest absolute Gasteiger partial charge is 0.352 e. The van der Waals surface area contributed by atoms with Crippen LogP contribution in [0.4, 0.5) is 10.2 Å². The number of carbonyl (C=O) groups is 1. The molecular formula is C22H24FN5O3S. The van der Waals surface area contributed by atoms with Crippen LogP contribution in [0.1, 0.15) is 18.4 Å². The molecule has 10 heteroatoms. The molecule has 0 unspecified atom stereocenters. The molecule has 8 nitrogen and oxygen atoms in total. The number of nitrogens with zero attached hydrogens (tertiary/aromatic N) is 5. The third-order valence-corrected chi connectivity index (χ3v) is 7.99. The third-order valence-electron chi connectivity index (χ3n) is 6.06. The molecule has 2 aliphatic heterocycles. The number of nitriles is 1. The molecule has 2 saturated heterocycles. The van der Waals surface area contributed by atoms with Crippen LogP contribution in [0.15, 0.2) is 47.5 Å². The fraction of sp³-hybridized carbons (Fsp3) is 0.409. The van der Waals surface area contributed by atoms with Crippen LogP contribution in [0.25, 0.3) is 0 Å². The van der Waals surface area contributed by atoms with Crippen molar-refractivity contribution in [2.45, 2.75) is 17.7 Å². The number of pyridine rings is 1. The van der Waals surface area contributed by atoms with Gasteiger partial charge < -0.3 is 9.80 Å². The molecule has 1 aromatic carbocycles. The molecule has 0 bridgehead atoms. The Labute approximate surface area is 186 Å². The van der Waals surface area contributed by atoms with Crippen LogP contribution in [0.2, 0.25) is 0 Å². The predicted molar refractivity (Wildman–Crippen MR) is 116 cm³/mol. The first-order valence-corrected chi connectivity index (χ1v) is 12.0. The molecule has 168 valence electrons. The Bertz CT molecular complexity index is 1130. The van der Waals surface area contributed by atoms with Crippen LogP contribution in [-0.4, -0.2) is 67.8 Å². The Morgan fingerprint density at radius 1 is 1.03 bits per heavy atom. The van der Waals surface area contributed by atoms with Gasteiger partial charge in [0.25, 0.3) is 0 Å². The molecule has 0 spiro atoms. The van der Waals surface area contributed by atoms with Crippen molar-refractivity contribution in [3.05, 3.63) is 54.0 Å². The molecule has 0 aliphatic carbocycles. The van der Waals surface area contributed by atoms with Crippen LogP contribution in [-0.2, 0) is 14.8 Å². The summed E-state index contributed by atoms with van der Waals surface area (Å²) in [7, 11) is -3.92. The molecule has 3 heterocycles. The van der Waals surface area contributed by atoms with Gasteiger partial charge in [-0.3, -0.25) is 4.79 Å². The number of sulfonamides is 1. The van der Waals surface area contributed by atoms with Crippen molar-refractivity contribution in [1.29, 1.82) is 5.26 Å². The lowest BCUT2D eigenvalue weighted by atomic mass is 9.96. The van der Waals surface area contributed by atoms with E-state index in [1.807, 2.05) is 4.90 Å². The minimum absolute atomic E-state index is 0.0223. The van der Waals surface area contributed by atoms with Gasteiger partial charge in [-0.1, -0.05) is 12.1 Å². The molecule has 1 aromatic heterocycles. The summed E-state index contributed by atoms with van der Waals surface area (Å²) in [4.78, 5) is 20.8. The Hall–Kier alpha value is -3.03. The number of anilines is 1. The second kappa shape index (κ2) is 9.22. The lowest BCUT2D eigenvalue weighted by molar-refractivity contribution is -0.137. The number of halogens is 1. The Morgan fingerprint density at radius 3 is 2.38 bits per heavy atom. The number of benzene rings is 1. The van der Waals surface area contributed by atoms with Crippen molar-refractivity contribution in [3.8, 4) is 6.07 Å². The average Bonchev–Trinajstić information content (AvgIpc) is 2.84. The number of piperidine rings is 1. The zero-order chi connectivity index (χ0) is 22.7. The fourth-order valence-corrected chi connectivity index (χ4v) is 5.80. The Kier molecular flexibility index (Phi) is 6.39. The van der Waals surface area contributed by atoms with E-state index in [1.165, 1.54) is 22.5 Å². The molecule has 0 N–H and O–H groups in total. The van der Waals surface area contributed by atoms with E-state index in [4.69, 9.17) is 0 Å². The molecule has 4 rings (SSSR count). The molecular weight excluding hydrogens is 433 g/mol. The number of hydrogen-bond acceptors (Lipinski definition) is 6. The maximum absolute atomic E-state index is 14.0. The smallest absolute Gasteiger partial charge is 0.245 e. The van der Waals surface area contributed by atoms with Crippen LogP contribution >= 0.6 is 0 Å². The normalized spacial score (nSPS) is 18.4. The molecule has 32 heavy (non-hydrogen) atoms. The van der Waals surface area contributed by atoms with Crippen molar-refractivity contribution in [1.82, 2.24) is 14.2 Å². The highest BCUT2D eigenvalue weighted by molar-refractivity contribution is 7.89. The first-order valence-electron chi connectivity index (χ1n) is 10.6. The fourth-order valence-electron chi connectivity index (χ4n) is 4.27. The van der Waals surface area contributed by atoms with Crippen molar-refractivity contribution >= 4 is 21.7 Å². The van der Waals surface area contributed by atoms with Crippen LogP contribution in [0, 0.1) is 23.1 Å². The molecule has 0 radical (unpaired) electrons. The van der Waals surface area contributed by atoms with Crippen LogP contribution in [0.5, 0.6) is 0 Å². The average molecular weight is 458 g/mol. The second-order valence-corrected chi connectivity index (χ2v) is 9.81. The molecule has 0 saturated carbocycles. The maximum Gasteiger partial charge on any atom is 0.245 e. The highest BCUT2D eigenvalue weighted by Crippen LogP contribution is 2.27. The van der Waals surface area contributed by atoms with Gasteiger partial charge >= 0.3 is 0 Å². The minimum Gasteiger partial charge on any atom is -0.352 e. The summed E-state index contributed by atoms with van der Waals surface area (Å²) in [5.74, 6) is -0.364. The summed E-state index contributed by atoms with van der Waals surface area (Å²) in [6.07, 6.45) is 2.47. The molecule has 2 fully saturated rings. The molecule has 2 aliphatic rings. The summed E-state index contributed by atoms with van der Waals surface area (Å²) < 4.78 is 40.8. The molecule has 0 atom stereocenters. The van der Waals surface area contributed by atoms with Crippen molar-refractivity contribution in [2.24, 2.45) is 5.92 Å². The highest BCUT2D eigenvalue weighted by Gasteiger charge is 2.35. The van der Waals surface area contributed by atoms with Crippen molar-refractivity contribution < 1.29 is 17.6 Å². The number of rotatable bonds is 4. The molecule has 2 aromatic rings. The van der Waals surface area contributed by atoms with Crippen molar-refractivity contribution in [3.63, 3.8) is 0 Å². The van der Waals surface area contributed by atoms with Gasteiger partial charge in [-0.25, -0.2) is 17.8 Å². The Balaban J connectivity index is 1.34. The maximum atomic E-state index is 14.0. The monoisotopic (exact) mass is 457 g/mol. The number of aromatic nitrogens is 1. The first-order chi connectivity index (χ1) is 15.4. The van der Waals surface area contributed by atoms with Gasteiger partial charge in [-0.2, -0.15) is 9.57 Å². The molecule has 1 amide bonds. The van der Waals surface area contributed by atoms with Gasteiger partial charge in [0, 0.05) is 51.4 Å². The SMILES string of the molecule is N#Cc1cccnc1N1CCN(C(=O)C2CCN(S(=O)(=O)c3ccccc3F)CC2)CC1. The van der Waals surface area contributed by atoms with E-state index in [-0.39, 0.29) is 29.8 Å². The van der Waals surface area contributed by atoms with E-state index in [2.05, 4.69) is 11.1 Å². The number of piperazine rings is 1. The van der Waals surface area contributed by atoms with Gasteiger partial charge in [-0.05, 0) is 37.1 Å². The predicted octanol–water partition coefficient (Wildman–Crippen LogP) is 1.84. The lowest BCUT2D eigenvalue weighted by Crippen LogP contribution is -2.52. The van der Waals surface area contributed by atoms with Gasteiger partial charge in [0.2, 0.25) is 15.9 Å². The first kappa shape index (κ1) is 22.2. The van der Waals surface area contributed by atoms with Crippen LogP contribution in [0.3, 0.4) is 0 Å². The summed E-state index contributed by atoms with van der Waals surface area (Å²) in [6.45, 7) is 2.58. The standard InChI is InChI=1S/C22H24FN5O3S/c23-19-5-1-2-6-20(19)32(30,31)28-10-7-17(8-11-28)22(29)27-14-12-26(13-15-27)21-18(16-24)4-3-9-25-21/h1-6,9,17H,7-8,10-15H2. The summed E-state index contributed by atoms with van der Waals surface area (Å²) in [5, 5.41) is 9.28. The van der Waals surface area contributed by atoms with E-state index in [0.29, 0.717) is 50.4 Å². The van der Waals surface area contributed by atoms with Gasteiger partial charge in [0.05, 0.1) is 5.56 Å². The van der Waals surface area contributed by atoms with Gasteiger partial charge in [-0.15, -0.1) is 0 Å². The summed E-state index contributed by atoms with van der Waals surface area (Å²) in [6, 6.07) is 10.9. The summed E-state index contributed by atoms with van der Waals surface area (Å²) >= 11 is 0. The second-order valence-electron chi connectivity index (χ2n) is 7.91. The van der Waals surface area contributed by atoms with Crippen LogP contribution < -0.4 is 4.90 Å². The van der Waals surface area contributed by atoms with Gasteiger partial charge in [0.1, 0.15) is 22.6 Å². The topological polar surface area (TPSA) is 97.6 Å². The van der Waals surface area contributed by atoms with E-state index < -0.39 is 15.8 Å². The zero-order valence-corrected chi connectivity index (χ0v) is 18.3. The van der Waals surface area contributed by atoms with Crippen molar-refractivity contribution in [2.75, 3.05) is 44.2 Å². The van der Waals surface area contributed by atoms with E-state index >= 15 is 0 Å². The number of hydrogen-bond donors (Lipinski definition) is 0. The number of amides is 1.